The molecule has 1 aromatic carbocycles. The molecule has 0 bridgehead atoms. The Labute approximate surface area is 140 Å². The van der Waals surface area contributed by atoms with Crippen molar-refractivity contribution >= 4 is 0 Å². The molecular formula is C20H29NO2. The standard InChI is InChI=1S/C20H29NO2/c1-16-10-12-21(13-11-16)14-19(22)15-23-20-8-6-18(7-9-20)17-4-2-3-5-17/h2,4,6-9,16-17,19,22H,3,5,10-15H2,1H3/t17-,19+/m0/s1. The quantitative estimate of drug-likeness (QED) is 0.814. The van der Waals surface area contributed by atoms with Crippen molar-refractivity contribution in [2.75, 3.05) is 26.2 Å². The molecule has 0 unspecified atom stereocenters. The van der Waals surface area contributed by atoms with E-state index in [-0.39, 0.29) is 0 Å². The molecule has 126 valence electrons. The number of allylic oxidation sites excluding steroid dienone is 2. The van der Waals surface area contributed by atoms with Crippen LogP contribution in [0, 0.1) is 5.92 Å². The SMILES string of the molecule is CC1CCN(C[C@@H](O)COc2ccc([C@H]3C=CCC3)cc2)CC1. The molecule has 1 N–H and O–H groups in total. The van der Waals surface area contributed by atoms with Gasteiger partial charge in [0.15, 0.2) is 0 Å². The van der Waals surface area contributed by atoms with Crippen LogP contribution < -0.4 is 4.74 Å². The minimum Gasteiger partial charge on any atom is -0.491 e. The van der Waals surface area contributed by atoms with Crippen LogP contribution in [0.4, 0.5) is 0 Å². The summed E-state index contributed by atoms with van der Waals surface area (Å²) >= 11 is 0. The van der Waals surface area contributed by atoms with Crippen molar-refractivity contribution in [3.8, 4) is 5.75 Å². The minimum atomic E-state index is -0.416. The van der Waals surface area contributed by atoms with Crippen LogP contribution in [-0.2, 0) is 0 Å². The van der Waals surface area contributed by atoms with Gasteiger partial charge in [0, 0.05) is 12.5 Å². The largest absolute Gasteiger partial charge is 0.491 e. The Hall–Kier alpha value is -1.32. The molecule has 1 saturated heterocycles. The van der Waals surface area contributed by atoms with Gasteiger partial charge in [-0.15, -0.1) is 0 Å². The summed E-state index contributed by atoms with van der Waals surface area (Å²) in [5, 5.41) is 10.2. The summed E-state index contributed by atoms with van der Waals surface area (Å²) in [7, 11) is 0. The van der Waals surface area contributed by atoms with Gasteiger partial charge in [0.05, 0.1) is 0 Å². The summed E-state index contributed by atoms with van der Waals surface area (Å²) in [6.45, 7) is 5.60. The maximum Gasteiger partial charge on any atom is 0.119 e. The van der Waals surface area contributed by atoms with Crippen LogP contribution in [0.2, 0.25) is 0 Å². The Morgan fingerprint density at radius 2 is 1.91 bits per heavy atom. The first-order chi connectivity index (χ1) is 11.2. The Bertz CT molecular complexity index is 503. The lowest BCUT2D eigenvalue weighted by atomic mass is 9.99. The highest BCUT2D eigenvalue weighted by molar-refractivity contribution is 5.32. The van der Waals surface area contributed by atoms with Gasteiger partial charge >= 0.3 is 0 Å². The lowest BCUT2D eigenvalue weighted by Gasteiger charge is -2.31. The predicted octanol–water partition coefficient (Wildman–Crippen LogP) is 3.59. The van der Waals surface area contributed by atoms with E-state index >= 15 is 0 Å². The van der Waals surface area contributed by atoms with Gasteiger partial charge in [-0.1, -0.05) is 31.2 Å². The summed E-state index contributed by atoms with van der Waals surface area (Å²) in [4.78, 5) is 2.35. The maximum absolute atomic E-state index is 10.2. The van der Waals surface area contributed by atoms with Gasteiger partial charge in [-0.2, -0.15) is 0 Å². The fraction of sp³-hybridized carbons (Fsp3) is 0.600. The average molecular weight is 315 g/mol. The lowest BCUT2D eigenvalue weighted by Crippen LogP contribution is -2.40. The molecule has 1 aliphatic heterocycles. The second-order valence-electron chi connectivity index (χ2n) is 7.13. The molecule has 23 heavy (non-hydrogen) atoms. The van der Waals surface area contributed by atoms with Crippen molar-refractivity contribution in [2.24, 2.45) is 5.92 Å². The summed E-state index contributed by atoms with van der Waals surface area (Å²) in [6, 6.07) is 8.34. The second-order valence-corrected chi connectivity index (χ2v) is 7.13. The predicted molar refractivity (Wildman–Crippen MR) is 93.9 cm³/mol. The number of likely N-dealkylation sites (tertiary alicyclic amines) is 1. The lowest BCUT2D eigenvalue weighted by molar-refractivity contribution is 0.0563. The summed E-state index contributed by atoms with van der Waals surface area (Å²) in [5.74, 6) is 2.24. The van der Waals surface area contributed by atoms with Crippen molar-refractivity contribution in [2.45, 2.75) is 44.6 Å². The van der Waals surface area contributed by atoms with E-state index in [9.17, 15) is 5.11 Å². The van der Waals surface area contributed by atoms with Crippen LogP contribution in [0.3, 0.4) is 0 Å². The number of ether oxygens (including phenoxy) is 1. The number of nitrogens with zero attached hydrogens (tertiary/aromatic N) is 1. The zero-order chi connectivity index (χ0) is 16.1. The highest BCUT2D eigenvalue weighted by atomic mass is 16.5. The molecule has 2 aliphatic rings. The van der Waals surface area contributed by atoms with Crippen molar-refractivity contribution in [3.05, 3.63) is 42.0 Å². The molecule has 1 aromatic rings. The molecule has 0 spiro atoms. The van der Waals surface area contributed by atoms with E-state index in [4.69, 9.17) is 4.74 Å². The number of benzene rings is 1. The van der Waals surface area contributed by atoms with Crippen LogP contribution in [-0.4, -0.2) is 42.4 Å². The Kier molecular flexibility index (Phi) is 5.74. The highest BCUT2D eigenvalue weighted by Crippen LogP contribution is 2.29. The first-order valence-electron chi connectivity index (χ1n) is 9.00. The van der Waals surface area contributed by atoms with Crippen LogP contribution in [0.1, 0.15) is 44.1 Å². The molecule has 3 nitrogen and oxygen atoms in total. The number of aliphatic hydroxyl groups is 1. The van der Waals surface area contributed by atoms with Gasteiger partial charge in [0.1, 0.15) is 18.5 Å². The molecule has 1 aliphatic carbocycles. The molecule has 3 heteroatoms. The van der Waals surface area contributed by atoms with E-state index in [2.05, 4.69) is 36.1 Å². The minimum absolute atomic E-state index is 0.370. The van der Waals surface area contributed by atoms with E-state index < -0.39 is 6.10 Å². The van der Waals surface area contributed by atoms with Crippen LogP contribution >= 0.6 is 0 Å². The van der Waals surface area contributed by atoms with E-state index in [1.54, 1.807) is 0 Å². The Balaban J connectivity index is 1.41. The first kappa shape index (κ1) is 16.5. The fourth-order valence-corrected chi connectivity index (χ4v) is 3.51. The van der Waals surface area contributed by atoms with E-state index in [0.717, 1.165) is 31.3 Å². The molecular weight excluding hydrogens is 286 g/mol. The van der Waals surface area contributed by atoms with Crippen molar-refractivity contribution in [3.63, 3.8) is 0 Å². The second kappa shape index (κ2) is 7.98. The number of hydrogen-bond acceptors (Lipinski definition) is 3. The van der Waals surface area contributed by atoms with Crippen molar-refractivity contribution in [1.29, 1.82) is 0 Å². The number of rotatable bonds is 6. The van der Waals surface area contributed by atoms with Gasteiger partial charge in [0.2, 0.25) is 0 Å². The third kappa shape index (κ3) is 4.82. The smallest absolute Gasteiger partial charge is 0.119 e. The summed E-state index contributed by atoms with van der Waals surface area (Å²) in [6.07, 6.45) is 9.01. The number of piperidine rings is 1. The molecule has 2 atom stereocenters. The number of β-amino-alcohol motifs (C(OH)–C–C–N with tert-alkyl or cyclic N) is 1. The Morgan fingerprint density at radius 1 is 1.17 bits per heavy atom. The topological polar surface area (TPSA) is 32.7 Å². The van der Waals surface area contributed by atoms with Crippen LogP contribution in [0.25, 0.3) is 0 Å². The first-order valence-corrected chi connectivity index (χ1v) is 9.00. The van der Waals surface area contributed by atoms with Gasteiger partial charge < -0.3 is 14.7 Å². The van der Waals surface area contributed by atoms with E-state index in [1.807, 2.05) is 12.1 Å². The van der Waals surface area contributed by atoms with Crippen LogP contribution in [0.15, 0.2) is 36.4 Å². The van der Waals surface area contributed by atoms with Gasteiger partial charge in [-0.3, -0.25) is 0 Å². The summed E-state index contributed by atoms with van der Waals surface area (Å²) in [5.41, 5.74) is 1.36. The molecule has 0 saturated carbocycles. The zero-order valence-corrected chi connectivity index (χ0v) is 14.2. The summed E-state index contributed by atoms with van der Waals surface area (Å²) < 4.78 is 5.75. The molecule has 3 rings (SSSR count). The van der Waals surface area contributed by atoms with Crippen LogP contribution in [0.5, 0.6) is 5.75 Å². The normalized spacial score (nSPS) is 24.0. The van der Waals surface area contributed by atoms with Gasteiger partial charge in [0.25, 0.3) is 0 Å². The fourth-order valence-electron chi connectivity index (χ4n) is 3.51. The van der Waals surface area contributed by atoms with E-state index in [0.29, 0.717) is 12.5 Å². The third-order valence-corrected chi connectivity index (χ3v) is 5.11. The number of aliphatic hydroxyl groups excluding tert-OH is 1. The van der Waals surface area contributed by atoms with Crippen molar-refractivity contribution < 1.29 is 9.84 Å². The molecule has 0 aromatic heterocycles. The maximum atomic E-state index is 10.2. The van der Waals surface area contributed by atoms with Gasteiger partial charge in [-0.05, 0) is 62.4 Å². The zero-order valence-electron chi connectivity index (χ0n) is 14.2. The van der Waals surface area contributed by atoms with E-state index in [1.165, 1.54) is 31.2 Å². The number of hydrogen-bond donors (Lipinski definition) is 1. The third-order valence-electron chi connectivity index (χ3n) is 5.11. The highest BCUT2D eigenvalue weighted by Gasteiger charge is 2.18. The molecule has 0 amide bonds. The molecule has 1 fully saturated rings. The van der Waals surface area contributed by atoms with Crippen molar-refractivity contribution in [1.82, 2.24) is 4.90 Å². The molecule has 1 heterocycles. The van der Waals surface area contributed by atoms with Gasteiger partial charge in [-0.25, -0.2) is 0 Å². The Morgan fingerprint density at radius 3 is 2.57 bits per heavy atom. The monoisotopic (exact) mass is 315 g/mol. The average Bonchev–Trinajstić information content (AvgIpc) is 3.10. The molecule has 0 radical (unpaired) electrons.